The molecule has 2 aromatic rings. The zero-order valence-electron chi connectivity index (χ0n) is 18.9. The first-order valence-electron chi connectivity index (χ1n) is 11.0. The molecule has 0 aromatic heterocycles. The lowest BCUT2D eigenvalue weighted by Gasteiger charge is -2.44. The number of benzene rings is 2. The molecule has 30 heavy (non-hydrogen) atoms. The standard InChI is InChI=1S/C26H35NO3/c1-19(2)22(24-27(17-12-18-29-24)25(28)30-26(3,4)5)23(20-13-8-6-9-14-20)21-15-10-7-11-16-21/h6-11,13-16,19,22-24H,12,17-18H2,1-5H3. The van der Waals surface area contributed by atoms with Crippen LogP contribution in [-0.4, -0.2) is 36.0 Å². The van der Waals surface area contributed by atoms with Gasteiger partial charge in [-0.25, -0.2) is 4.79 Å². The number of ether oxygens (including phenoxy) is 2. The lowest BCUT2D eigenvalue weighted by molar-refractivity contribution is -0.133. The van der Waals surface area contributed by atoms with Crippen LogP contribution in [0.5, 0.6) is 0 Å². The molecule has 1 amide bonds. The highest BCUT2D eigenvalue weighted by molar-refractivity contribution is 5.68. The van der Waals surface area contributed by atoms with Crippen LogP contribution in [0.2, 0.25) is 0 Å². The van der Waals surface area contributed by atoms with Crippen molar-refractivity contribution in [2.45, 2.75) is 58.8 Å². The van der Waals surface area contributed by atoms with Gasteiger partial charge in [0.25, 0.3) is 0 Å². The average molecular weight is 410 g/mol. The van der Waals surface area contributed by atoms with E-state index in [0.717, 1.165) is 6.42 Å². The number of rotatable bonds is 5. The number of hydrogen-bond acceptors (Lipinski definition) is 3. The van der Waals surface area contributed by atoms with Gasteiger partial charge in [0.15, 0.2) is 0 Å². The van der Waals surface area contributed by atoms with E-state index in [4.69, 9.17) is 9.47 Å². The van der Waals surface area contributed by atoms with Gasteiger partial charge in [-0.1, -0.05) is 74.5 Å². The summed E-state index contributed by atoms with van der Waals surface area (Å²) in [6, 6.07) is 21.1. The third-order valence-electron chi connectivity index (χ3n) is 5.57. The van der Waals surface area contributed by atoms with Crippen LogP contribution in [0.25, 0.3) is 0 Å². The first-order valence-corrected chi connectivity index (χ1v) is 11.0. The third-order valence-corrected chi connectivity index (χ3v) is 5.57. The molecule has 3 rings (SSSR count). The third kappa shape index (κ3) is 5.42. The van der Waals surface area contributed by atoms with Crippen LogP contribution < -0.4 is 0 Å². The van der Waals surface area contributed by atoms with Crippen molar-refractivity contribution < 1.29 is 14.3 Å². The fourth-order valence-electron chi connectivity index (χ4n) is 4.33. The molecule has 0 aliphatic carbocycles. The van der Waals surface area contributed by atoms with E-state index < -0.39 is 5.60 Å². The molecule has 0 spiro atoms. The van der Waals surface area contributed by atoms with E-state index >= 15 is 0 Å². The summed E-state index contributed by atoms with van der Waals surface area (Å²) in [5.41, 5.74) is 1.94. The SMILES string of the molecule is CC(C)C(C(c1ccccc1)c1ccccc1)C1OCCCN1C(=O)OC(C)(C)C. The summed E-state index contributed by atoms with van der Waals surface area (Å²) >= 11 is 0. The Morgan fingerprint density at radius 1 is 1.00 bits per heavy atom. The lowest BCUT2D eigenvalue weighted by atomic mass is 9.74. The van der Waals surface area contributed by atoms with Crippen LogP contribution in [0, 0.1) is 11.8 Å². The van der Waals surface area contributed by atoms with Crippen molar-refractivity contribution in [3.63, 3.8) is 0 Å². The Labute approximate surface area is 181 Å². The number of carbonyl (C=O) groups excluding carboxylic acids is 1. The molecule has 1 saturated heterocycles. The molecule has 2 unspecified atom stereocenters. The Hall–Kier alpha value is -2.33. The molecule has 0 bridgehead atoms. The largest absolute Gasteiger partial charge is 0.444 e. The highest BCUT2D eigenvalue weighted by Gasteiger charge is 2.42. The predicted molar refractivity (Wildman–Crippen MR) is 120 cm³/mol. The Kier molecular flexibility index (Phi) is 7.19. The second kappa shape index (κ2) is 9.65. The Morgan fingerprint density at radius 3 is 2.00 bits per heavy atom. The molecular formula is C26H35NO3. The molecule has 4 heteroatoms. The maximum absolute atomic E-state index is 13.1. The topological polar surface area (TPSA) is 38.8 Å². The molecule has 2 aromatic carbocycles. The van der Waals surface area contributed by atoms with Crippen molar-refractivity contribution >= 4 is 6.09 Å². The van der Waals surface area contributed by atoms with Crippen LogP contribution in [0.1, 0.15) is 58.1 Å². The summed E-state index contributed by atoms with van der Waals surface area (Å²) in [6.07, 6.45) is 0.193. The van der Waals surface area contributed by atoms with Gasteiger partial charge in [-0.2, -0.15) is 0 Å². The fourth-order valence-corrected chi connectivity index (χ4v) is 4.33. The molecule has 1 aliphatic rings. The smallest absolute Gasteiger partial charge is 0.412 e. The van der Waals surface area contributed by atoms with Gasteiger partial charge in [-0.3, -0.25) is 4.90 Å². The maximum Gasteiger partial charge on any atom is 0.412 e. The number of amides is 1. The molecule has 0 N–H and O–H groups in total. The van der Waals surface area contributed by atoms with Crippen LogP contribution in [-0.2, 0) is 9.47 Å². The van der Waals surface area contributed by atoms with Crippen molar-refractivity contribution in [1.82, 2.24) is 4.90 Å². The van der Waals surface area contributed by atoms with Gasteiger partial charge in [-0.15, -0.1) is 0 Å². The second-order valence-electron chi connectivity index (χ2n) is 9.41. The number of nitrogens with zero attached hydrogens (tertiary/aromatic N) is 1. The molecule has 1 fully saturated rings. The zero-order chi connectivity index (χ0) is 21.7. The van der Waals surface area contributed by atoms with Crippen molar-refractivity contribution in [1.29, 1.82) is 0 Å². The molecule has 0 saturated carbocycles. The Balaban J connectivity index is 2.03. The Morgan fingerprint density at radius 2 is 1.53 bits per heavy atom. The maximum atomic E-state index is 13.1. The van der Waals surface area contributed by atoms with Crippen molar-refractivity contribution in [3.8, 4) is 0 Å². The monoisotopic (exact) mass is 409 g/mol. The quantitative estimate of drug-likeness (QED) is 0.601. The lowest BCUT2D eigenvalue weighted by Crippen LogP contribution is -2.53. The predicted octanol–water partition coefficient (Wildman–Crippen LogP) is 6.07. The van der Waals surface area contributed by atoms with Gasteiger partial charge >= 0.3 is 6.09 Å². The average Bonchev–Trinajstić information content (AvgIpc) is 2.71. The minimum absolute atomic E-state index is 0.0858. The van der Waals surface area contributed by atoms with E-state index in [1.54, 1.807) is 4.90 Å². The second-order valence-corrected chi connectivity index (χ2v) is 9.41. The number of hydrogen-bond donors (Lipinski definition) is 0. The van der Waals surface area contributed by atoms with Crippen molar-refractivity contribution in [2.75, 3.05) is 13.2 Å². The summed E-state index contributed by atoms with van der Waals surface area (Å²) in [5, 5.41) is 0. The first-order chi connectivity index (χ1) is 14.3. The summed E-state index contributed by atoms with van der Waals surface area (Å²) in [6.45, 7) is 11.5. The normalized spacial score (nSPS) is 18.5. The fraction of sp³-hybridized carbons (Fsp3) is 0.500. The minimum Gasteiger partial charge on any atom is -0.444 e. The van der Waals surface area contributed by atoms with Gasteiger partial charge in [0, 0.05) is 18.4 Å². The zero-order valence-corrected chi connectivity index (χ0v) is 18.9. The van der Waals surface area contributed by atoms with Gasteiger partial charge in [-0.05, 0) is 44.2 Å². The molecule has 1 heterocycles. The van der Waals surface area contributed by atoms with Gasteiger partial charge in [0.1, 0.15) is 11.8 Å². The van der Waals surface area contributed by atoms with Gasteiger partial charge in [0.05, 0.1) is 6.61 Å². The molecule has 2 atom stereocenters. The molecule has 4 nitrogen and oxygen atoms in total. The molecule has 162 valence electrons. The van der Waals surface area contributed by atoms with Crippen LogP contribution in [0.15, 0.2) is 60.7 Å². The minimum atomic E-state index is -0.537. The van der Waals surface area contributed by atoms with E-state index in [0.29, 0.717) is 19.1 Å². The van der Waals surface area contributed by atoms with E-state index in [2.05, 4.69) is 62.4 Å². The number of carbonyl (C=O) groups is 1. The highest BCUT2D eigenvalue weighted by atomic mass is 16.6. The summed E-state index contributed by atoms with van der Waals surface area (Å²) in [7, 11) is 0. The first kappa shape index (κ1) is 22.4. The van der Waals surface area contributed by atoms with E-state index in [1.807, 2.05) is 32.9 Å². The molecule has 0 radical (unpaired) electrons. The highest BCUT2D eigenvalue weighted by Crippen LogP contribution is 2.41. The van der Waals surface area contributed by atoms with Crippen LogP contribution in [0.3, 0.4) is 0 Å². The van der Waals surface area contributed by atoms with Gasteiger partial charge < -0.3 is 9.47 Å². The van der Waals surface area contributed by atoms with Crippen molar-refractivity contribution in [3.05, 3.63) is 71.8 Å². The summed E-state index contributed by atoms with van der Waals surface area (Å²) in [5.74, 6) is 0.492. The summed E-state index contributed by atoms with van der Waals surface area (Å²) < 4.78 is 12.0. The Bertz CT molecular complexity index is 759. The van der Waals surface area contributed by atoms with Crippen LogP contribution in [0.4, 0.5) is 4.79 Å². The molecular weight excluding hydrogens is 374 g/mol. The summed E-state index contributed by atoms with van der Waals surface area (Å²) in [4.78, 5) is 14.9. The van der Waals surface area contributed by atoms with Crippen LogP contribution >= 0.6 is 0 Å². The van der Waals surface area contributed by atoms with Gasteiger partial charge in [0.2, 0.25) is 0 Å². The van der Waals surface area contributed by atoms with E-state index in [1.165, 1.54) is 11.1 Å². The van der Waals surface area contributed by atoms with E-state index in [9.17, 15) is 4.79 Å². The van der Waals surface area contributed by atoms with Crippen molar-refractivity contribution in [2.24, 2.45) is 11.8 Å². The van der Waals surface area contributed by atoms with E-state index in [-0.39, 0.29) is 24.2 Å². The molecule has 1 aliphatic heterocycles.